The van der Waals surface area contributed by atoms with Crippen molar-refractivity contribution in [3.63, 3.8) is 0 Å². The van der Waals surface area contributed by atoms with Crippen molar-refractivity contribution in [2.45, 2.75) is 20.4 Å². The first-order valence-electron chi connectivity index (χ1n) is 5.79. The first-order valence-corrected chi connectivity index (χ1v) is 5.79. The fourth-order valence-electron chi connectivity index (χ4n) is 1.76. The Hall–Kier alpha value is -2.60. The van der Waals surface area contributed by atoms with Gasteiger partial charge in [-0.1, -0.05) is 5.11 Å². The SMILES string of the molecule is CCOC(=O)c1cnc2c(cnn2CC)c1N=[N+]=[N-]. The smallest absolute Gasteiger partial charge is 0.340 e. The summed E-state index contributed by atoms with van der Waals surface area (Å²) in [7, 11) is 0. The van der Waals surface area contributed by atoms with Crippen LogP contribution in [0.15, 0.2) is 17.5 Å². The van der Waals surface area contributed by atoms with Gasteiger partial charge in [0.2, 0.25) is 0 Å². The number of hydrogen-bond donors (Lipinski definition) is 0. The minimum Gasteiger partial charge on any atom is -0.462 e. The van der Waals surface area contributed by atoms with E-state index < -0.39 is 5.97 Å². The summed E-state index contributed by atoms with van der Waals surface area (Å²) in [6.45, 7) is 4.48. The van der Waals surface area contributed by atoms with E-state index in [2.05, 4.69) is 20.1 Å². The standard InChI is InChI=1S/C11H12N6O2/c1-3-17-10-7(6-14-17)9(15-16-12)8(5-13-10)11(18)19-4-2/h5-6H,3-4H2,1-2H3. The maximum Gasteiger partial charge on any atom is 0.340 e. The van der Waals surface area contributed by atoms with Crippen LogP contribution >= 0.6 is 0 Å². The van der Waals surface area contributed by atoms with E-state index in [9.17, 15) is 4.79 Å². The Kier molecular flexibility index (Phi) is 3.63. The number of aromatic nitrogens is 3. The number of ether oxygens (including phenoxy) is 1. The van der Waals surface area contributed by atoms with Crippen molar-refractivity contribution in [3.8, 4) is 0 Å². The van der Waals surface area contributed by atoms with Gasteiger partial charge in [-0.15, -0.1) is 0 Å². The molecular formula is C11H12N6O2. The van der Waals surface area contributed by atoms with Crippen LogP contribution in [-0.2, 0) is 11.3 Å². The van der Waals surface area contributed by atoms with Crippen LogP contribution in [0.3, 0.4) is 0 Å². The summed E-state index contributed by atoms with van der Waals surface area (Å²) < 4.78 is 6.56. The van der Waals surface area contributed by atoms with Crippen LogP contribution in [0.2, 0.25) is 0 Å². The number of rotatable bonds is 4. The lowest BCUT2D eigenvalue weighted by atomic mass is 10.2. The zero-order chi connectivity index (χ0) is 13.8. The molecule has 0 bridgehead atoms. The predicted octanol–water partition coefficient (Wildman–Crippen LogP) is 2.57. The van der Waals surface area contributed by atoms with Gasteiger partial charge in [0.25, 0.3) is 0 Å². The van der Waals surface area contributed by atoms with Gasteiger partial charge in [0.15, 0.2) is 5.65 Å². The molecule has 8 heteroatoms. The van der Waals surface area contributed by atoms with Crippen molar-refractivity contribution >= 4 is 22.7 Å². The second-order valence-electron chi connectivity index (χ2n) is 3.63. The molecule has 2 aromatic rings. The maximum absolute atomic E-state index is 11.8. The van der Waals surface area contributed by atoms with E-state index in [0.717, 1.165) is 0 Å². The highest BCUT2D eigenvalue weighted by Crippen LogP contribution is 2.29. The number of pyridine rings is 1. The quantitative estimate of drug-likeness (QED) is 0.364. The average molecular weight is 260 g/mol. The number of esters is 1. The van der Waals surface area contributed by atoms with E-state index in [4.69, 9.17) is 10.3 Å². The van der Waals surface area contributed by atoms with E-state index in [1.54, 1.807) is 11.6 Å². The maximum atomic E-state index is 11.8. The number of aryl methyl sites for hydroxylation is 1. The Morgan fingerprint density at radius 3 is 2.95 bits per heavy atom. The Bertz CT molecular complexity index is 671. The molecule has 0 radical (unpaired) electrons. The van der Waals surface area contributed by atoms with E-state index in [-0.39, 0.29) is 17.9 Å². The molecule has 98 valence electrons. The summed E-state index contributed by atoms with van der Waals surface area (Å²) in [5.74, 6) is -0.566. The van der Waals surface area contributed by atoms with Crippen LogP contribution in [-0.4, -0.2) is 27.3 Å². The van der Waals surface area contributed by atoms with Crippen LogP contribution in [0.25, 0.3) is 21.5 Å². The molecule has 0 unspecified atom stereocenters. The Morgan fingerprint density at radius 2 is 2.32 bits per heavy atom. The number of nitrogens with zero attached hydrogens (tertiary/aromatic N) is 6. The highest BCUT2D eigenvalue weighted by atomic mass is 16.5. The van der Waals surface area contributed by atoms with Gasteiger partial charge in [-0.2, -0.15) is 5.10 Å². The number of carbonyl (C=O) groups excluding carboxylic acids is 1. The molecule has 0 aliphatic heterocycles. The van der Waals surface area contributed by atoms with Crippen LogP contribution in [0.1, 0.15) is 24.2 Å². The lowest BCUT2D eigenvalue weighted by molar-refractivity contribution is 0.0527. The molecular weight excluding hydrogens is 248 g/mol. The third kappa shape index (κ3) is 2.21. The molecule has 19 heavy (non-hydrogen) atoms. The van der Waals surface area contributed by atoms with E-state index in [0.29, 0.717) is 17.6 Å². The Labute approximate surface area is 108 Å². The van der Waals surface area contributed by atoms with Crippen molar-refractivity contribution in [3.05, 3.63) is 28.4 Å². The van der Waals surface area contributed by atoms with Crippen molar-refractivity contribution in [1.82, 2.24) is 14.8 Å². The Morgan fingerprint density at radius 1 is 1.53 bits per heavy atom. The fraction of sp³-hybridized carbons (Fsp3) is 0.364. The lowest BCUT2D eigenvalue weighted by Gasteiger charge is -2.05. The molecule has 0 atom stereocenters. The monoisotopic (exact) mass is 260 g/mol. The van der Waals surface area contributed by atoms with Gasteiger partial charge in [-0.3, -0.25) is 0 Å². The van der Waals surface area contributed by atoms with Gasteiger partial charge in [0.05, 0.1) is 24.1 Å². The van der Waals surface area contributed by atoms with Gasteiger partial charge in [0, 0.05) is 23.0 Å². The number of hydrogen-bond acceptors (Lipinski definition) is 5. The average Bonchev–Trinajstić information content (AvgIpc) is 2.83. The molecule has 0 aromatic carbocycles. The number of azide groups is 1. The molecule has 0 fully saturated rings. The fourth-order valence-corrected chi connectivity index (χ4v) is 1.76. The number of fused-ring (bicyclic) bond motifs is 1. The molecule has 0 saturated heterocycles. The first-order chi connectivity index (χ1) is 9.22. The van der Waals surface area contributed by atoms with Gasteiger partial charge in [-0.25, -0.2) is 14.5 Å². The molecule has 0 spiro atoms. The topological polar surface area (TPSA) is 106 Å². The molecule has 0 amide bonds. The normalized spacial score (nSPS) is 10.2. The van der Waals surface area contributed by atoms with E-state index >= 15 is 0 Å². The van der Waals surface area contributed by atoms with Crippen molar-refractivity contribution in [1.29, 1.82) is 0 Å². The zero-order valence-electron chi connectivity index (χ0n) is 10.6. The predicted molar refractivity (Wildman–Crippen MR) is 68.0 cm³/mol. The van der Waals surface area contributed by atoms with Gasteiger partial charge < -0.3 is 4.74 Å². The number of carbonyl (C=O) groups is 1. The minimum atomic E-state index is -0.566. The Balaban J connectivity index is 2.69. The largest absolute Gasteiger partial charge is 0.462 e. The summed E-state index contributed by atoms with van der Waals surface area (Å²) in [5, 5.41) is 8.23. The van der Waals surface area contributed by atoms with Crippen LogP contribution in [0, 0.1) is 0 Å². The molecule has 0 aliphatic rings. The molecule has 8 nitrogen and oxygen atoms in total. The summed E-state index contributed by atoms with van der Waals surface area (Å²) >= 11 is 0. The highest BCUT2D eigenvalue weighted by Gasteiger charge is 2.17. The van der Waals surface area contributed by atoms with Crippen LogP contribution < -0.4 is 0 Å². The second-order valence-corrected chi connectivity index (χ2v) is 3.63. The van der Waals surface area contributed by atoms with Crippen molar-refractivity contribution < 1.29 is 9.53 Å². The molecule has 0 saturated carbocycles. The molecule has 2 heterocycles. The van der Waals surface area contributed by atoms with Gasteiger partial charge >= 0.3 is 5.97 Å². The van der Waals surface area contributed by atoms with Crippen LogP contribution in [0.4, 0.5) is 5.69 Å². The summed E-state index contributed by atoms with van der Waals surface area (Å²) in [5.41, 5.74) is 9.55. The lowest BCUT2D eigenvalue weighted by Crippen LogP contribution is -2.06. The third-order valence-electron chi connectivity index (χ3n) is 2.58. The highest BCUT2D eigenvalue weighted by molar-refractivity contribution is 6.02. The zero-order valence-corrected chi connectivity index (χ0v) is 10.6. The van der Waals surface area contributed by atoms with Crippen LogP contribution in [0.5, 0.6) is 0 Å². The van der Waals surface area contributed by atoms with Gasteiger partial charge in [0.1, 0.15) is 0 Å². The molecule has 2 aromatic heterocycles. The summed E-state index contributed by atoms with van der Waals surface area (Å²) in [6.07, 6.45) is 2.87. The molecule has 0 N–H and O–H groups in total. The van der Waals surface area contributed by atoms with Gasteiger partial charge in [-0.05, 0) is 19.4 Å². The minimum absolute atomic E-state index is 0.141. The summed E-state index contributed by atoms with van der Waals surface area (Å²) in [6, 6.07) is 0. The molecule has 0 aliphatic carbocycles. The molecule has 2 rings (SSSR count). The summed E-state index contributed by atoms with van der Waals surface area (Å²) in [4.78, 5) is 18.7. The van der Waals surface area contributed by atoms with E-state index in [1.165, 1.54) is 12.4 Å². The van der Waals surface area contributed by atoms with Crippen molar-refractivity contribution in [2.24, 2.45) is 5.11 Å². The third-order valence-corrected chi connectivity index (χ3v) is 2.58. The second kappa shape index (κ2) is 5.36. The first kappa shape index (κ1) is 12.8. The van der Waals surface area contributed by atoms with E-state index in [1.807, 2.05) is 6.92 Å². The van der Waals surface area contributed by atoms with Crippen molar-refractivity contribution in [2.75, 3.05) is 6.61 Å².